The fourth-order valence-electron chi connectivity index (χ4n) is 1.69. The SMILES string of the molecule is Cn1[nH]c(=O)cc1C(=O)NCc1ccnc(OC(F)F)c1. The first-order chi connectivity index (χ1) is 9.95. The highest BCUT2D eigenvalue weighted by atomic mass is 19.3. The van der Waals surface area contributed by atoms with Crippen LogP contribution in [0.2, 0.25) is 0 Å². The lowest BCUT2D eigenvalue weighted by molar-refractivity contribution is -0.0529. The summed E-state index contributed by atoms with van der Waals surface area (Å²) in [6.45, 7) is -2.88. The minimum atomic E-state index is -2.96. The van der Waals surface area contributed by atoms with Crippen LogP contribution in [0.5, 0.6) is 5.88 Å². The highest BCUT2D eigenvalue weighted by Crippen LogP contribution is 2.12. The van der Waals surface area contributed by atoms with Crippen molar-refractivity contribution in [1.29, 1.82) is 0 Å². The summed E-state index contributed by atoms with van der Waals surface area (Å²) in [4.78, 5) is 26.6. The highest BCUT2D eigenvalue weighted by Gasteiger charge is 2.11. The van der Waals surface area contributed by atoms with Crippen molar-refractivity contribution in [2.75, 3.05) is 0 Å². The fraction of sp³-hybridized carbons (Fsp3) is 0.250. The average molecular weight is 298 g/mol. The van der Waals surface area contributed by atoms with Crippen LogP contribution >= 0.6 is 0 Å². The Hall–Kier alpha value is -2.71. The third kappa shape index (κ3) is 3.88. The molecule has 0 aliphatic heterocycles. The van der Waals surface area contributed by atoms with Crippen molar-refractivity contribution in [2.45, 2.75) is 13.2 Å². The van der Waals surface area contributed by atoms with Crippen LogP contribution < -0.4 is 15.6 Å². The van der Waals surface area contributed by atoms with Crippen LogP contribution in [-0.2, 0) is 13.6 Å². The Morgan fingerprint density at radius 2 is 2.29 bits per heavy atom. The molecule has 0 aliphatic carbocycles. The van der Waals surface area contributed by atoms with E-state index in [2.05, 4.69) is 20.1 Å². The van der Waals surface area contributed by atoms with Gasteiger partial charge in [0.15, 0.2) is 0 Å². The molecule has 0 fully saturated rings. The zero-order valence-corrected chi connectivity index (χ0v) is 11.0. The molecule has 2 aromatic heterocycles. The van der Waals surface area contributed by atoms with E-state index in [9.17, 15) is 18.4 Å². The molecule has 0 unspecified atom stereocenters. The van der Waals surface area contributed by atoms with Crippen LogP contribution in [0.15, 0.2) is 29.2 Å². The molecule has 1 amide bonds. The van der Waals surface area contributed by atoms with Gasteiger partial charge in [0.05, 0.1) is 0 Å². The summed E-state index contributed by atoms with van der Waals surface area (Å²) in [6.07, 6.45) is 1.30. The zero-order chi connectivity index (χ0) is 15.4. The number of aryl methyl sites for hydroxylation is 1. The number of carbonyl (C=O) groups is 1. The lowest BCUT2D eigenvalue weighted by atomic mass is 10.2. The molecule has 21 heavy (non-hydrogen) atoms. The van der Waals surface area contributed by atoms with Crippen LogP contribution in [0.4, 0.5) is 8.78 Å². The summed E-state index contributed by atoms with van der Waals surface area (Å²) in [5, 5.41) is 4.96. The number of ether oxygens (including phenoxy) is 1. The normalized spacial score (nSPS) is 10.7. The maximum atomic E-state index is 12.1. The van der Waals surface area contributed by atoms with Gasteiger partial charge in [0, 0.05) is 31.9 Å². The standard InChI is InChI=1S/C12H12F2N4O3/c1-18-8(5-9(19)17-18)11(20)16-6-7-2-3-15-10(4-7)21-12(13)14/h2-5,12H,6H2,1H3,(H,16,20)(H,17,19). The van der Waals surface area contributed by atoms with Crippen molar-refractivity contribution in [3.63, 3.8) is 0 Å². The van der Waals surface area contributed by atoms with E-state index in [1.165, 1.54) is 24.0 Å². The molecule has 2 rings (SSSR count). The van der Waals surface area contributed by atoms with Crippen LogP contribution in [0.25, 0.3) is 0 Å². The van der Waals surface area contributed by atoms with Gasteiger partial charge < -0.3 is 10.1 Å². The van der Waals surface area contributed by atoms with E-state index in [0.29, 0.717) is 5.56 Å². The molecular weight excluding hydrogens is 286 g/mol. The number of halogens is 2. The van der Waals surface area contributed by atoms with Crippen LogP contribution in [0.1, 0.15) is 16.1 Å². The van der Waals surface area contributed by atoms with Gasteiger partial charge in [-0.05, 0) is 11.6 Å². The van der Waals surface area contributed by atoms with Gasteiger partial charge in [-0.1, -0.05) is 0 Å². The Labute approximate surface area is 117 Å². The van der Waals surface area contributed by atoms with Gasteiger partial charge in [0.2, 0.25) is 5.88 Å². The maximum absolute atomic E-state index is 12.1. The quantitative estimate of drug-likeness (QED) is 0.847. The van der Waals surface area contributed by atoms with Gasteiger partial charge in [-0.3, -0.25) is 19.4 Å². The van der Waals surface area contributed by atoms with E-state index in [1.54, 1.807) is 6.07 Å². The third-order valence-corrected chi connectivity index (χ3v) is 2.60. The van der Waals surface area contributed by atoms with Gasteiger partial charge >= 0.3 is 6.61 Å². The van der Waals surface area contributed by atoms with E-state index >= 15 is 0 Å². The Balaban J connectivity index is 2.01. The summed E-state index contributed by atoms with van der Waals surface area (Å²) in [5.41, 5.74) is 0.312. The molecule has 2 N–H and O–H groups in total. The van der Waals surface area contributed by atoms with Gasteiger partial charge in [-0.25, -0.2) is 4.98 Å². The molecular formula is C12H12F2N4O3. The van der Waals surface area contributed by atoms with Gasteiger partial charge in [0.25, 0.3) is 11.5 Å². The first-order valence-corrected chi connectivity index (χ1v) is 5.89. The van der Waals surface area contributed by atoms with Crippen molar-refractivity contribution in [2.24, 2.45) is 7.05 Å². The number of alkyl halides is 2. The minimum absolute atomic E-state index is 0.0837. The second-order valence-corrected chi connectivity index (χ2v) is 4.13. The zero-order valence-electron chi connectivity index (χ0n) is 11.0. The average Bonchev–Trinajstić information content (AvgIpc) is 2.75. The molecule has 112 valence electrons. The number of nitrogens with zero attached hydrogens (tertiary/aromatic N) is 2. The number of pyridine rings is 1. The van der Waals surface area contributed by atoms with Gasteiger partial charge in [-0.2, -0.15) is 8.78 Å². The molecule has 0 atom stereocenters. The molecule has 0 aromatic carbocycles. The number of carbonyl (C=O) groups excluding carboxylic acids is 1. The Morgan fingerprint density at radius 3 is 2.90 bits per heavy atom. The minimum Gasteiger partial charge on any atom is -0.417 e. The number of nitrogens with one attached hydrogen (secondary N) is 2. The topological polar surface area (TPSA) is 89.0 Å². The molecule has 2 aromatic rings. The predicted molar refractivity (Wildman–Crippen MR) is 68.1 cm³/mol. The second kappa shape index (κ2) is 6.16. The Bertz CT molecular complexity index is 696. The number of aromatic amines is 1. The van der Waals surface area contributed by atoms with Crippen molar-refractivity contribution < 1.29 is 18.3 Å². The summed E-state index contributed by atoms with van der Waals surface area (Å²) >= 11 is 0. The molecule has 0 saturated carbocycles. The number of H-pyrrole nitrogens is 1. The molecule has 9 heteroatoms. The number of amides is 1. The number of rotatable bonds is 5. The first-order valence-electron chi connectivity index (χ1n) is 5.89. The lowest BCUT2D eigenvalue weighted by Gasteiger charge is -2.07. The third-order valence-electron chi connectivity index (χ3n) is 2.60. The smallest absolute Gasteiger partial charge is 0.388 e. The first kappa shape index (κ1) is 14.7. The number of hydrogen-bond donors (Lipinski definition) is 2. The van der Waals surface area contributed by atoms with E-state index in [-0.39, 0.29) is 23.7 Å². The van der Waals surface area contributed by atoms with Crippen molar-refractivity contribution >= 4 is 5.91 Å². The summed E-state index contributed by atoms with van der Waals surface area (Å²) in [7, 11) is 1.53. The molecule has 0 aliphatic rings. The van der Waals surface area contributed by atoms with Crippen molar-refractivity contribution in [1.82, 2.24) is 20.1 Å². The predicted octanol–water partition coefficient (Wildman–Crippen LogP) is 0.640. The van der Waals surface area contributed by atoms with E-state index in [1.807, 2.05) is 0 Å². The highest BCUT2D eigenvalue weighted by molar-refractivity contribution is 5.92. The molecule has 0 radical (unpaired) electrons. The van der Waals surface area contributed by atoms with Crippen LogP contribution in [-0.4, -0.2) is 27.3 Å². The maximum Gasteiger partial charge on any atom is 0.388 e. The lowest BCUT2D eigenvalue weighted by Crippen LogP contribution is -2.25. The van der Waals surface area contributed by atoms with Gasteiger partial charge in [0.1, 0.15) is 5.69 Å². The number of hydrogen-bond acceptors (Lipinski definition) is 4. The summed E-state index contributed by atoms with van der Waals surface area (Å²) < 4.78 is 29.6. The second-order valence-electron chi connectivity index (χ2n) is 4.13. The summed E-state index contributed by atoms with van der Waals surface area (Å²) in [5.74, 6) is -0.699. The van der Waals surface area contributed by atoms with Crippen LogP contribution in [0.3, 0.4) is 0 Å². The van der Waals surface area contributed by atoms with E-state index < -0.39 is 12.5 Å². The molecule has 0 spiro atoms. The molecule has 0 bridgehead atoms. The molecule has 0 saturated heterocycles. The monoisotopic (exact) mass is 298 g/mol. The number of aromatic nitrogens is 3. The van der Waals surface area contributed by atoms with Crippen molar-refractivity contribution in [3.8, 4) is 5.88 Å². The van der Waals surface area contributed by atoms with Crippen molar-refractivity contribution in [3.05, 3.63) is 46.0 Å². The molecule has 7 nitrogen and oxygen atoms in total. The summed E-state index contributed by atoms with van der Waals surface area (Å²) in [6, 6.07) is 4.00. The van der Waals surface area contributed by atoms with E-state index in [4.69, 9.17) is 0 Å². The Morgan fingerprint density at radius 1 is 1.52 bits per heavy atom. The molecule has 2 heterocycles. The van der Waals surface area contributed by atoms with E-state index in [0.717, 1.165) is 6.07 Å². The van der Waals surface area contributed by atoms with Gasteiger partial charge in [-0.15, -0.1) is 0 Å². The fourth-order valence-corrected chi connectivity index (χ4v) is 1.69. The largest absolute Gasteiger partial charge is 0.417 e. The Kier molecular flexibility index (Phi) is 4.31. The van der Waals surface area contributed by atoms with Crippen LogP contribution in [0, 0.1) is 0 Å².